The van der Waals surface area contributed by atoms with E-state index in [1.807, 2.05) is 13.0 Å². The highest BCUT2D eigenvalue weighted by Gasteiger charge is 2.16. The molecule has 0 spiro atoms. The highest BCUT2D eigenvalue weighted by atomic mass is 19.1. The van der Waals surface area contributed by atoms with Gasteiger partial charge in [0.15, 0.2) is 6.10 Å². The maximum atomic E-state index is 12.8. The molecular formula is C15H15FN2O2. The van der Waals surface area contributed by atoms with Crippen LogP contribution in [-0.4, -0.2) is 17.0 Å². The fourth-order valence-corrected chi connectivity index (χ4v) is 1.61. The van der Waals surface area contributed by atoms with Crippen LogP contribution >= 0.6 is 0 Å². The Bertz CT molecular complexity index is 599. The van der Waals surface area contributed by atoms with Crippen molar-refractivity contribution in [1.29, 1.82) is 0 Å². The number of benzene rings is 1. The Balaban J connectivity index is 1.99. The van der Waals surface area contributed by atoms with Crippen molar-refractivity contribution in [2.45, 2.75) is 20.0 Å². The molecule has 0 aliphatic carbocycles. The highest BCUT2D eigenvalue weighted by Crippen LogP contribution is 2.14. The second-order valence-corrected chi connectivity index (χ2v) is 4.37. The summed E-state index contributed by atoms with van der Waals surface area (Å²) in [6.45, 7) is 3.48. The zero-order valence-corrected chi connectivity index (χ0v) is 11.3. The van der Waals surface area contributed by atoms with Gasteiger partial charge in [-0.25, -0.2) is 9.37 Å². The summed E-state index contributed by atoms with van der Waals surface area (Å²) in [5.74, 6) is 0.286. The molecule has 0 aliphatic heterocycles. The van der Waals surface area contributed by atoms with Gasteiger partial charge in [0.05, 0.1) is 0 Å². The Labute approximate surface area is 116 Å². The summed E-state index contributed by atoms with van der Waals surface area (Å²) in [7, 11) is 0. The molecule has 4 nitrogen and oxygen atoms in total. The zero-order chi connectivity index (χ0) is 14.5. The van der Waals surface area contributed by atoms with Crippen LogP contribution in [0.1, 0.15) is 12.5 Å². The number of nitrogens with one attached hydrogen (secondary N) is 1. The molecule has 1 unspecified atom stereocenters. The molecule has 2 aromatic rings. The summed E-state index contributed by atoms with van der Waals surface area (Å²) < 4.78 is 18.2. The zero-order valence-electron chi connectivity index (χ0n) is 11.3. The first-order valence-electron chi connectivity index (χ1n) is 6.21. The molecule has 104 valence electrons. The summed E-state index contributed by atoms with van der Waals surface area (Å²) in [6.07, 6.45) is 0.899. The molecule has 1 amide bonds. The molecule has 1 atom stereocenters. The normalized spacial score (nSPS) is 11.8. The number of rotatable bonds is 4. The van der Waals surface area contributed by atoms with Gasteiger partial charge in [0.25, 0.3) is 5.91 Å². The lowest BCUT2D eigenvalue weighted by Crippen LogP contribution is -2.30. The molecule has 0 fully saturated rings. The van der Waals surface area contributed by atoms with E-state index < -0.39 is 6.10 Å². The van der Waals surface area contributed by atoms with E-state index in [0.29, 0.717) is 11.6 Å². The van der Waals surface area contributed by atoms with Gasteiger partial charge in [-0.3, -0.25) is 4.79 Å². The largest absolute Gasteiger partial charge is 0.481 e. The fraction of sp³-hybridized carbons (Fsp3) is 0.200. The van der Waals surface area contributed by atoms with Crippen molar-refractivity contribution in [3.8, 4) is 5.75 Å². The number of anilines is 1. The minimum atomic E-state index is -0.707. The smallest absolute Gasteiger partial charge is 0.266 e. The summed E-state index contributed by atoms with van der Waals surface area (Å²) in [5, 5.41) is 2.69. The van der Waals surface area contributed by atoms with Crippen molar-refractivity contribution in [1.82, 2.24) is 4.98 Å². The number of aryl methyl sites for hydroxylation is 1. The maximum Gasteiger partial charge on any atom is 0.266 e. The number of amides is 1. The molecule has 0 aliphatic rings. The lowest BCUT2D eigenvalue weighted by Gasteiger charge is -2.15. The van der Waals surface area contributed by atoms with Crippen LogP contribution in [0.2, 0.25) is 0 Å². The molecule has 0 saturated carbocycles. The standard InChI is InChI=1S/C15H15FN2O2/c1-10-4-3-9-17-14(10)18-15(19)11(2)20-13-7-5-12(16)6-8-13/h3-9,11H,1-2H3,(H,17,18,19). The van der Waals surface area contributed by atoms with Crippen LogP contribution in [-0.2, 0) is 4.79 Å². The van der Waals surface area contributed by atoms with Gasteiger partial charge >= 0.3 is 0 Å². The number of ether oxygens (including phenoxy) is 1. The van der Waals surface area contributed by atoms with Crippen LogP contribution in [0.3, 0.4) is 0 Å². The van der Waals surface area contributed by atoms with E-state index in [2.05, 4.69) is 10.3 Å². The third-order valence-electron chi connectivity index (χ3n) is 2.75. The first kappa shape index (κ1) is 14.0. The monoisotopic (exact) mass is 274 g/mol. The van der Waals surface area contributed by atoms with E-state index in [-0.39, 0.29) is 11.7 Å². The molecule has 5 heteroatoms. The molecule has 0 radical (unpaired) electrons. The third-order valence-corrected chi connectivity index (χ3v) is 2.75. The van der Waals surface area contributed by atoms with Crippen LogP contribution in [0, 0.1) is 12.7 Å². The quantitative estimate of drug-likeness (QED) is 0.932. The van der Waals surface area contributed by atoms with Crippen LogP contribution < -0.4 is 10.1 Å². The van der Waals surface area contributed by atoms with Gasteiger partial charge in [0.2, 0.25) is 0 Å². The average molecular weight is 274 g/mol. The third kappa shape index (κ3) is 3.54. The van der Waals surface area contributed by atoms with Crippen LogP contribution in [0.4, 0.5) is 10.2 Å². The van der Waals surface area contributed by atoms with Crippen molar-refractivity contribution in [3.63, 3.8) is 0 Å². The maximum absolute atomic E-state index is 12.8. The van der Waals surface area contributed by atoms with Gasteiger partial charge in [0.1, 0.15) is 17.4 Å². The lowest BCUT2D eigenvalue weighted by molar-refractivity contribution is -0.122. The summed E-state index contributed by atoms with van der Waals surface area (Å²) >= 11 is 0. The van der Waals surface area contributed by atoms with Gasteiger partial charge < -0.3 is 10.1 Å². The van der Waals surface area contributed by atoms with Crippen molar-refractivity contribution in [2.75, 3.05) is 5.32 Å². The second kappa shape index (κ2) is 6.14. The number of pyridine rings is 1. The number of carbonyl (C=O) groups excluding carboxylic acids is 1. The number of hydrogen-bond acceptors (Lipinski definition) is 3. The number of hydrogen-bond donors (Lipinski definition) is 1. The van der Waals surface area contributed by atoms with Crippen molar-refractivity contribution in [2.24, 2.45) is 0 Å². The van der Waals surface area contributed by atoms with Gasteiger partial charge in [-0.2, -0.15) is 0 Å². The molecule has 1 heterocycles. The summed E-state index contributed by atoms with van der Waals surface area (Å²) in [5.41, 5.74) is 0.870. The number of halogens is 1. The fourth-order valence-electron chi connectivity index (χ4n) is 1.61. The van der Waals surface area contributed by atoms with Crippen molar-refractivity contribution in [3.05, 3.63) is 54.0 Å². The topological polar surface area (TPSA) is 51.2 Å². The Kier molecular flexibility index (Phi) is 4.30. The minimum absolute atomic E-state index is 0.309. The predicted octanol–water partition coefficient (Wildman–Crippen LogP) is 2.94. The van der Waals surface area contributed by atoms with Gasteiger partial charge in [-0.15, -0.1) is 0 Å². The molecule has 0 saturated heterocycles. The highest BCUT2D eigenvalue weighted by molar-refractivity contribution is 5.93. The number of aromatic nitrogens is 1. The van der Waals surface area contributed by atoms with Gasteiger partial charge in [-0.1, -0.05) is 6.07 Å². The van der Waals surface area contributed by atoms with E-state index >= 15 is 0 Å². The van der Waals surface area contributed by atoms with Gasteiger partial charge in [0, 0.05) is 6.20 Å². The van der Waals surface area contributed by atoms with Crippen LogP contribution in [0.25, 0.3) is 0 Å². The Morgan fingerprint density at radius 2 is 2.00 bits per heavy atom. The van der Waals surface area contributed by atoms with E-state index in [1.165, 1.54) is 24.3 Å². The molecule has 1 N–H and O–H groups in total. The first-order chi connectivity index (χ1) is 9.56. The Morgan fingerprint density at radius 3 is 2.65 bits per heavy atom. The molecule has 20 heavy (non-hydrogen) atoms. The van der Waals surface area contributed by atoms with E-state index in [4.69, 9.17) is 4.74 Å². The van der Waals surface area contributed by atoms with Crippen molar-refractivity contribution >= 4 is 11.7 Å². The number of carbonyl (C=O) groups is 1. The first-order valence-corrected chi connectivity index (χ1v) is 6.21. The predicted molar refractivity (Wildman–Crippen MR) is 74.1 cm³/mol. The Morgan fingerprint density at radius 1 is 1.30 bits per heavy atom. The SMILES string of the molecule is Cc1cccnc1NC(=O)C(C)Oc1ccc(F)cc1. The summed E-state index contributed by atoms with van der Waals surface area (Å²) in [6, 6.07) is 9.17. The van der Waals surface area contributed by atoms with Gasteiger partial charge in [-0.05, 0) is 49.7 Å². The van der Waals surface area contributed by atoms with E-state index in [0.717, 1.165) is 5.56 Å². The van der Waals surface area contributed by atoms with Crippen molar-refractivity contribution < 1.29 is 13.9 Å². The molecule has 1 aromatic heterocycles. The molecule has 1 aromatic carbocycles. The van der Waals surface area contributed by atoms with E-state index in [1.54, 1.807) is 19.2 Å². The van der Waals surface area contributed by atoms with Crippen LogP contribution in [0.15, 0.2) is 42.6 Å². The Hall–Kier alpha value is -2.43. The molecular weight excluding hydrogens is 259 g/mol. The minimum Gasteiger partial charge on any atom is -0.481 e. The molecule has 2 rings (SSSR count). The summed E-state index contributed by atoms with van der Waals surface area (Å²) in [4.78, 5) is 16.1. The second-order valence-electron chi connectivity index (χ2n) is 4.37. The van der Waals surface area contributed by atoms with Crippen LogP contribution in [0.5, 0.6) is 5.75 Å². The number of nitrogens with zero attached hydrogens (tertiary/aromatic N) is 1. The molecule has 0 bridgehead atoms. The van der Waals surface area contributed by atoms with E-state index in [9.17, 15) is 9.18 Å². The lowest BCUT2D eigenvalue weighted by atomic mass is 10.2. The average Bonchev–Trinajstić information content (AvgIpc) is 2.44.